The summed E-state index contributed by atoms with van der Waals surface area (Å²) in [5.74, 6) is 0. The van der Waals surface area contributed by atoms with Crippen LogP contribution in [0.15, 0.2) is 185 Å². The second kappa shape index (κ2) is 16.2. The zero-order valence-corrected chi connectivity index (χ0v) is 31.8. The third-order valence-corrected chi connectivity index (χ3v) is 10.6. The van der Waals surface area contributed by atoms with Gasteiger partial charge in [-0.15, -0.1) is 0 Å². The standard InChI is InChI=1S/C49H45N3S/c1-6-8-18-46-37(5)53-36(4)21-24-39(29-31-51(46)7-2)42-26-27-47-44(33-42)49-43-17-13-12-16-40(43)25-28-48(49)52(47)32-30-45(41-22-19-35(3)20-23-41)50-34-38-14-10-9-11-15-38/h6,8-33H,1,7,34H2,2-5H3/b18-8-,31-29+,32-30+,36-21+,39-24+,46-37-,50-45?. The van der Waals surface area contributed by atoms with Crippen LogP contribution in [0.5, 0.6) is 0 Å². The fraction of sp³-hybridized carbons (Fsp3) is 0.122. The summed E-state index contributed by atoms with van der Waals surface area (Å²) in [7, 11) is 0. The number of aryl methyl sites for hydroxylation is 1. The van der Waals surface area contributed by atoms with E-state index in [1.807, 2.05) is 18.2 Å². The molecule has 0 aliphatic carbocycles. The van der Waals surface area contributed by atoms with Gasteiger partial charge in [-0.3, -0.25) is 4.99 Å². The van der Waals surface area contributed by atoms with Crippen LogP contribution in [0, 0.1) is 6.92 Å². The number of nitrogens with zero attached hydrogens (tertiary/aromatic N) is 3. The van der Waals surface area contributed by atoms with Crippen LogP contribution in [0.3, 0.4) is 0 Å². The van der Waals surface area contributed by atoms with Crippen molar-refractivity contribution in [3.8, 4) is 0 Å². The van der Waals surface area contributed by atoms with Crippen LogP contribution < -0.4 is 0 Å². The summed E-state index contributed by atoms with van der Waals surface area (Å²) in [6.45, 7) is 14.1. The Morgan fingerprint density at radius 2 is 1.58 bits per heavy atom. The monoisotopic (exact) mass is 707 g/mol. The molecule has 1 aliphatic heterocycles. The Balaban J connectivity index is 1.38. The van der Waals surface area contributed by atoms with E-state index in [1.165, 1.54) is 53.7 Å². The highest BCUT2D eigenvalue weighted by Crippen LogP contribution is 2.37. The Morgan fingerprint density at radius 1 is 0.811 bits per heavy atom. The van der Waals surface area contributed by atoms with E-state index in [4.69, 9.17) is 4.99 Å². The van der Waals surface area contributed by atoms with E-state index in [0.29, 0.717) is 6.54 Å². The summed E-state index contributed by atoms with van der Waals surface area (Å²) in [6, 6.07) is 39.2. The molecule has 7 rings (SSSR count). The van der Waals surface area contributed by atoms with Crippen LogP contribution in [0.25, 0.3) is 44.4 Å². The van der Waals surface area contributed by atoms with Gasteiger partial charge in [-0.2, -0.15) is 0 Å². The minimum atomic E-state index is 0.613. The van der Waals surface area contributed by atoms with Crippen LogP contribution >= 0.6 is 11.8 Å². The molecule has 1 aliphatic rings. The average Bonchev–Trinajstić information content (AvgIpc) is 3.50. The van der Waals surface area contributed by atoms with E-state index in [9.17, 15) is 0 Å². The van der Waals surface area contributed by atoms with Gasteiger partial charge >= 0.3 is 0 Å². The van der Waals surface area contributed by atoms with Crippen molar-refractivity contribution in [2.24, 2.45) is 4.99 Å². The SMILES string of the molecule is C=C/C=C\C1=C(/C)S/C(C)=C/C=C(c2ccc3c(c2)c2c4ccccc4ccc2n3/C=C/C(=NCc2ccccc2)c2ccc(C)cc2)\C=C\N1CC. The summed E-state index contributed by atoms with van der Waals surface area (Å²) >= 11 is 1.81. The van der Waals surface area contributed by atoms with Crippen LogP contribution in [-0.4, -0.2) is 21.7 Å². The quantitative estimate of drug-likeness (QED) is 0.110. The largest absolute Gasteiger partial charge is 0.348 e. The molecule has 0 saturated carbocycles. The maximum absolute atomic E-state index is 5.13. The fourth-order valence-corrected chi connectivity index (χ4v) is 7.82. The number of thioether (sulfide) groups is 1. The number of fused-ring (bicyclic) bond motifs is 5. The van der Waals surface area contributed by atoms with Gasteiger partial charge < -0.3 is 9.47 Å². The number of allylic oxidation sites excluding steroid dienone is 10. The third kappa shape index (κ3) is 7.84. The van der Waals surface area contributed by atoms with E-state index < -0.39 is 0 Å². The maximum Gasteiger partial charge on any atom is 0.0665 e. The van der Waals surface area contributed by atoms with Gasteiger partial charge in [-0.05, 0) is 102 Å². The Morgan fingerprint density at radius 3 is 2.38 bits per heavy atom. The van der Waals surface area contributed by atoms with Gasteiger partial charge in [0, 0.05) is 34.6 Å². The summed E-state index contributed by atoms with van der Waals surface area (Å²) in [5.41, 5.74) is 10.3. The number of benzene rings is 5. The minimum absolute atomic E-state index is 0.613. The number of hydrogen-bond donors (Lipinski definition) is 0. The molecule has 0 N–H and O–H groups in total. The van der Waals surface area contributed by atoms with Crippen molar-refractivity contribution in [2.45, 2.75) is 34.2 Å². The predicted molar refractivity (Wildman–Crippen MR) is 233 cm³/mol. The molecule has 3 nitrogen and oxygen atoms in total. The van der Waals surface area contributed by atoms with Gasteiger partial charge in [-0.25, -0.2) is 0 Å². The lowest BCUT2D eigenvalue weighted by Gasteiger charge is -2.23. The van der Waals surface area contributed by atoms with Gasteiger partial charge in [0.2, 0.25) is 0 Å². The van der Waals surface area contributed by atoms with Crippen molar-refractivity contribution in [1.82, 2.24) is 9.47 Å². The molecule has 53 heavy (non-hydrogen) atoms. The van der Waals surface area contributed by atoms with E-state index >= 15 is 0 Å². The van der Waals surface area contributed by atoms with Crippen LogP contribution in [-0.2, 0) is 6.54 Å². The number of aromatic nitrogens is 1. The van der Waals surface area contributed by atoms with Crippen LogP contribution in [0.4, 0.5) is 0 Å². The first-order valence-electron chi connectivity index (χ1n) is 18.2. The number of rotatable bonds is 9. The molecule has 1 aromatic heterocycles. The molecule has 4 heteroatoms. The highest BCUT2D eigenvalue weighted by atomic mass is 32.2. The smallest absolute Gasteiger partial charge is 0.0665 e. The summed E-state index contributed by atoms with van der Waals surface area (Å²) in [4.78, 5) is 9.93. The first-order valence-corrected chi connectivity index (χ1v) is 19.1. The van der Waals surface area contributed by atoms with Crippen molar-refractivity contribution >= 4 is 61.8 Å². The zero-order valence-electron chi connectivity index (χ0n) is 31.0. The Hall–Kier alpha value is -5.84. The normalized spacial score (nSPS) is 18.5. The van der Waals surface area contributed by atoms with E-state index in [2.05, 4.69) is 190 Å². The highest BCUT2D eigenvalue weighted by Gasteiger charge is 2.15. The van der Waals surface area contributed by atoms with Crippen LogP contribution in [0.2, 0.25) is 0 Å². The van der Waals surface area contributed by atoms with Crippen molar-refractivity contribution in [3.63, 3.8) is 0 Å². The molecule has 262 valence electrons. The highest BCUT2D eigenvalue weighted by molar-refractivity contribution is 8.06. The minimum Gasteiger partial charge on any atom is -0.348 e. The van der Waals surface area contributed by atoms with Crippen molar-refractivity contribution < 1.29 is 0 Å². The topological polar surface area (TPSA) is 20.5 Å². The number of aliphatic imine (C=N–C) groups is 1. The number of likely N-dealkylation sites (N-methyl/N-ethyl adjacent to an activating group) is 1. The Labute approximate surface area is 318 Å². The Bertz CT molecular complexity index is 2520. The molecule has 0 bridgehead atoms. The van der Waals surface area contributed by atoms with Crippen LogP contribution in [0.1, 0.15) is 43.0 Å². The third-order valence-electron chi connectivity index (χ3n) is 9.68. The van der Waals surface area contributed by atoms with E-state index in [-0.39, 0.29) is 0 Å². The molecular weight excluding hydrogens is 663 g/mol. The molecule has 0 radical (unpaired) electrons. The van der Waals surface area contributed by atoms with Crippen molar-refractivity contribution in [3.05, 3.63) is 202 Å². The summed E-state index contributed by atoms with van der Waals surface area (Å²) in [5, 5.41) is 4.94. The lowest BCUT2D eigenvalue weighted by Crippen LogP contribution is -2.16. The predicted octanol–water partition coefficient (Wildman–Crippen LogP) is 13.3. The van der Waals surface area contributed by atoms with E-state index in [1.54, 1.807) is 11.8 Å². The second-order valence-electron chi connectivity index (χ2n) is 13.3. The van der Waals surface area contributed by atoms with Gasteiger partial charge in [0.25, 0.3) is 0 Å². The van der Waals surface area contributed by atoms with Gasteiger partial charge in [0.1, 0.15) is 0 Å². The molecule has 0 saturated heterocycles. The van der Waals surface area contributed by atoms with E-state index in [0.717, 1.165) is 34.4 Å². The zero-order chi connectivity index (χ0) is 36.7. The molecule has 0 fully saturated rings. The van der Waals surface area contributed by atoms with Crippen molar-refractivity contribution in [1.29, 1.82) is 0 Å². The fourth-order valence-electron chi connectivity index (χ4n) is 6.91. The first-order chi connectivity index (χ1) is 25.9. The lowest BCUT2D eigenvalue weighted by molar-refractivity contribution is 0.505. The first kappa shape index (κ1) is 35.6. The second-order valence-corrected chi connectivity index (χ2v) is 14.8. The van der Waals surface area contributed by atoms with Gasteiger partial charge in [-0.1, -0.05) is 139 Å². The molecule has 2 heterocycles. The maximum atomic E-state index is 5.13. The molecular formula is C49H45N3S. The Kier molecular flexibility index (Phi) is 10.9. The molecule has 0 atom stereocenters. The van der Waals surface area contributed by atoms with Crippen molar-refractivity contribution in [2.75, 3.05) is 6.54 Å². The number of hydrogen-bond acceptors (Lipinski definition) is 3. The average molecular weight is 708 g/mol. The van der Waals surface area contributed by atoms with Gasteiger partial charge in [0.15, 0.2) is 0 Å². The molecule has 0 unspecified atom stereocenters. The van der Waals surface area contributed by atoms with Gasteiger partial charge in [0.05, 0.1) is 29.0 Å². The molecule has 0 amide bonds. The molecule has 6 aromatic rings. The summed E-state index contributed by atoms with van der Waals surface area (Å²) in [6.07, 6.45) is 19.3. The molecule has 0 spiro atoms. The molecule has 5 aromatic carbocycles. The summed E-state index contributed by atoms with van der Waals surface area (Å²) < 4.78 is 2.33. The lowest BCUT2D eigenvalue weighted by atomic mass is 9.99.